The lowest BCUT2D eigenvalue weighted by atomic mass is 9.87. The average molecular weight is 402 g/mol. The molecule has 2 aromatic carbocycles. The number of anilines is 2. The number of carbonyl (C=O) groups is 1. The van der Waals surface area contributed by atoms with Gasteiger partial charge in [0.2, 0.25) is 5.91 Å². The minimum absolute atomic E-state index is 0.0236. The van der Waals surface area contributed by atoms with Crippen LogP contribution in [0.5, 0.6) is 5.75 Å². The Hall–Kier alpha value is -3.49. The number of aromatic amines is 1. The van der Waals surface area contributed by atoms with Gasteiger partial charge in [-0.25, -0.2) is 0 Å². The van der Waals surface area contributed by atoms with E-state index in [1.165, 1.54) is 18.2 Å². The van der Waals surface area contributed by atoms with Crippen molar-refractivity contribution < 1.29 is 22.7 Å². The molecule has 0 spiro atoms. The first-order valence-corrected chi connectivity index (χ1v) is 8.83. The van der Waals surface area contributed by atoms with Gasteiger partial charge in [-0.05, 0) is 23.8 Å². The molecule has 1 aliphatic heterocycles. The number of ether oxygens (including phenoxy) is 1. The number of H-pyrrole nitrogens is 1. The van der Waals surface area contributed by atoms with E-state index >= 15 is 0 Å². The zero-order valence-electron chi connectivity index (χ0n) is 15.1. The highest BCUT2D eigenvalue weighted by molar-refractivity contribution is 5.94. The standard InChI is InChI=1S/C20H17F3N4O2/c21-20(22,23)15-4-2-1-3-12(15)10-29-17-6-5-11(7-16(17)24)13-8-18(28)26-19-14(13)9-25-27-19/h1-7,9,13H,8,10,24H2,(H2,25,26,27,28). The Morgan fingerprint density at radius 1 is 1.21 bits per heavy atom. The molecular weight excluding hydrogens is 385 g/mol. The lowest BCUT2D eigenvalue weighted by molar-refractivity contribution is -0.138. The van der Waals surface area contributed by atoms with E-state index in [4.69, 9.17) is 10.5 Å². The molecule has 1 amide bonds. The number of fused-ring (bicyclic) bond motifs is 1. The number of hydrogen-bond acceptors (Lipinski definition) is 4. The molecule has 1 aliphatic rings. The third-order valence-corrected chi connectivity index (χ3v) is 4.84. The van der Waals surface area contributed by atoms with E-state index in [1.807, 2.05) is 0 Å². The van der Waals surface area contributed by atoms with Gasteiger partial charge in [-0.3, -0.25) is 9.89 Å². The van der Waals surface area contributed by atoms with Crippen LogP contribution in [0.3, 0.4) is 0 Å². The maximum absolute atomic E-state index is 13.1. The van der Waals surface area contributed by atoms with Gasteiger partial charge in [-0.2, -0.15) is 18.3 Å². The van der Waals surface area contributed by atoms with Crippen LogP contribution in [0.4, 0.5) is 24.7 Å². The minimum atomic E-state index is -4.46. The SMILES string of the molecule is Nc1cc(C2CC(=O)Nc3[nH]ncc32)ccc1OCc1ccccc1C(F)(F)F. The zero-order chi connectivity index (χ0) is 20.6. The van der Waals surface area contributed by atoms with Gasteiger partial charge in [0, 0.05) is 23.5 Å². The van der Waals surface area contributed by atoms with Crippen molar-refractivity contribution in [1.82, 2.24) is 10.2 Å². The van der Waals surface area contributed by atoms with Crippen LogP contribution < -0.4 is 15.8 Å². The maximum Gasteiger partial charge on any atom is 0.416 e. The Labute approximate surface area is 163 Å². The Balaban J connectivity index is 1.55. The van der Waals surface area contributed by atoms with Gasteiger partial charge in [0.05, 0.1) is 17.4 Å². The van der Waals surface area contributed by atoms with Gasteiger partial charge < -0.3 is 15.8 Å². The molecule has 0 saturated heterocycles. The second kappa shape index (κ2) is 7.16. The van der Waals surface area contributed by atoms with Crippen LogP contribution in [0.25, 0.3) is 0 Å². The van der Waals surface area contributed by atoms with Crippen molar-refractivity contribution in [1.29, 1.82) is 0 Å². The van der Waals surface area contributed by atoms with Crippen molar-refractivity contribution in [3.8, 4) is 5.75 Å². The van der Waals surface area contributed by atoms with Crippen molar-refractivity contribution in [3.63, 3.8) is 0 Å². The van der Waals surface area contributed by atoms with Gasteiger partial charge in [0.1, 0.15) is 18.2 Å². The highest BCUT2D eigenvalue weighted by Crippen LogP contribution is 2.38. The molecule has 0 fully saturated rings. The predicted octanol–water partition coefficient (Wildman–Crippen LogP) is 4.06. The van der Waals surface area contributed by atoms with Crippen molar-refractivity contribution in [3.05, 3.63) is 70.9 Å². The molecule has 0 radical (unpaired) electrons. The summed E-state index contributed by atoms with van der Waals surface area (Å²) in [5.41, 5.74) is 7.28. The lowest BCUT2D eigenvalue weighted by Gasteiger charge is -2.23. The average Bonchev–Trinajstić information content (AvgIpc) is 3.14. The molecule has 2 heterocycles. The third-order valence-electron chi connectivity index (χ3n) is 4.84. The summed E-state index contributed by atoms with van der Waals surface area (Å²) in [4.78, 5) is 11.9. The van der Waals surface area contributed by atoms with E-state index < -0.39 is 11.7 Å². The lowest BCUT2D eigenvalue weighted by Crippen LogP contribution is -2.23. The summed E-state index contributed by atoms with van der Waals surface area (Å²) in [5.74, 6) is 0.460. The monoisotopic (exact) mass is 402 g/mol. The van der Waals surface area contributed by atoms with Crippen LogP contribution in [-0.4, -0.2) is 16.1 Å². The summed E-state index contributed by atoms with van der Waals surface area (Å²) in [6.07, 6.45) is -2.57. The maximum atomic E-state index is 13.1. The Kier molecular flexibility index (Phi) is 4.65. The minimum Gasteiger partial charge on any atom is -0.487 e. The summed E-state index contributed by atoms with van der Waals surface area (Å²) in [7, 11) is 0. The molecule has 150 valence electrons. The number of rotatable bonds is 4. The third kappa shape index (κ3) is 3.75. The molecule has 1 atom stereocenters. The van der Waals surface area contributed by atoms with Crippen LogP contribution >= 0.6 is 0 Å². The molecule has 1 aromatic heterocycles. The molecule has 4 rings (SSSR count). The number of aromatic nitrogens is 2. The fourth-order valence-electron chi connectivity index (χ4n) is 3.44. The van der Waals surface area contributed by atoms with E-state index in [0.717, 1.165) is 17.2 Å². The number of amides is 1. The molecule has 29 heavy (non-hydrogen) atoms. The number of halogens is 3. The molecule has 9 heteroatoms. The number of alkyl halides is 3. The van der Waals surface area contributed by atoms with Gasteiger partial charge >= 0.3 is 6.18 Å². The molecule has 0 saturated carbocycles. The van der Waals surface area contributed by atoms with Gasteiger partial charge in [-0.1, -0.05) is 24.3 Å². The molecule has 0 bridgehead atoms. The van der Waals surface area contributed by atoms with Gasteiger partial charge in [0.15, 0.2) is 0 Å². The fourth-order valence-corrected chi connectivity index (χ4v) is 3.44. The highest BCUT2D eigenvalue weighted by Gasteiger charge is 2.33. The molecule has 0 aliphatic carbocycles. The first-order chi connectivity index (χ1) is 13.8. The van der Waals surface area contributed by atoms with E-state index in [2.05, 4.69) is 15.5 Å². The van der Waals surface area contributed by atoms with Crippen LogP contribution in [0.2, 0.25) is 0 Å². The number of carbonyl (C=O) groups excluding carboxylic acids is 1. The number of nitrogens with two attached hydrogens (primary N) is 1. The smallest absolute Gasteiger partial charge is 0.416 e. The summed E-state index contributed by atoms with van der Waals surface area (Å²) < 4.78 is 44.9. The zero-order valence-corrected chi connectivity index (χ0v) is 15.1. The van der Waals surface area contributed by atoms with E-state index in [9.17, 15) is 18.0 Å². The number of benzene rings is 2. The summed E-state index contributed by atoms with van der Waals surface area (Å²) in [6.45, 7) is -0.267. The molecule has 6 nitrogen and oxygen atoms in total. The number of nitrogens with one attached hydrogen (secondary N) is 2. The quantitative estimate of drug-likeness (QED) is 0.574. The van der Waals surface area contributed by atoms with Crippen molar-refractivity contribution in [2.75, 3.05) is 11.1 Å². The second-order valence-corrected chi connectivity index (χ2v) is 6.75. The normalized spacial score (nSPS) is 16.2. The second-order valence-electron chi connectivity index (χ2n) is 6.75. The Bertz CT molecular complexity index is 1060. The van der Waals surface area contributed by atoms with Crippen molar-refractivity contribution >= 4 is 17.4 Å². The van der Waals surface area contributed by atoms with Crippen molar-refractivity contribution in [2.24, 2.45) is 0 Å². The molecule has 4 N–H and O–H groups in total. The summed E-state index contributed by atoms with van der Waals surface area (Å²) in [5, 5.41) is 9.41. The van der Waals surface area contributed by atoms with Gasteiger partial charge in [0.25, 0.3) is 0 Å². The summed E-state index contributed by atoms with van der Waals surface area (Å²) in [6, 6.07) is 10.3. The van der Waals surface area contributed by atoms with E-state index in [-0.39, 0.29) is 41.9 Å². The molecule has 1 unspecified atom stereocenters. The molecule has 3 aromatic rings. The van der Waals surface area contributed by atoms with Crippen LogP contribution in [0, 0.1) is 0 Å². The largest absolute Gasteiger partial charge is 0.487 e. The van der Waals surface area contributed by atoms with E-state index in [0.29, 0.717) is 5.82 Å². The number of hydrogen-bond donors (Lipinski definition) is 3. The van der Waals surface area contributed by atoms with Crippen molar-refractivity contribution in [2.45, 2.75) is 25.1 Å². The first-order valence-electron chi connectivity index (χ1n) is 8.83. The Morgan fingerprint density at radius 2 is 2.00 bits per heavy atom. The van der Waals surface area contributed by atoms with Crippen LogP contribution in [-0.2, 0) is 17.6 Å². The highest BCUT2D eigenvalue weighted by atomic mass is 19.4. The Morgan fingerprint density at radius 3 is 2.76 bits per heavy atom. The topological polar surface area (TPSA) is 93.0 Å². The number of nitrogens with zero attached hydrogens (tertiary/aromatic N) is 1. The van der Waals surface area contributed by atoms with Gasteiger partial charge in [-0.15, -0.1) is 0 Å². The first kappa shape index (κ1) is 18.9. The predicted molar refractivity (Wildman–Crippen MR) is 100 cm³/mol. The number of nitrogen functional groups attached to an aromatic ring is 1. The molecular formula is C20H17F3N4O2. The van der Waals surface area contributed by atoms with E-state index in [1.54, 1.807) is 24.4 Å². The summed E-state index contributed by atoms with van der Waals surface area (Å²) >= 11 is 0. The van der Waals surface area contributed by atoms with Crippen LogP contribution in [0.1, 0.15) is 34.6 Å². The fraction of sp³-hybridized carbons (Fsp3) is 0.200. The van der Waals surface area contributed by atoms with Crippen LogP contribution in [0.15, 0.2) is 48.7 Å².